The van der Waals surface area contributed by atoms with E-state index < -0.39 is 65.0 Å². The molecule has 5 rings (SSSR count). The van der Waals surface area contributed by atoms with Gasteiger partial charge < -0.3 is 35.1 Å². The topological polar surface area (TPSA) is 169 Å². The Kier molecular flexibility index (Phi) is 16.0. The quantitative estimate of drug-likeness (QED) is 0.0554. The van der Waals surface area contributed by atoms with Crippen molar-refractivity contribution in [3.63, 3.8) is 0 Å². The summed E-state index contributed by atoms with van der Waals surface area (Å²) in [5, 5.41) is 10.3. The lowest BCUT2D eigenvalue weighted by Gasteiger charge is -2.34. The maximum Gasteiger partial charge on any atom is 0.408 e. The second kappa shape index (κ2) is 21.3. The molecule has 1 aliphatic rings. The molecule has 4 atom stereocenters. The summed E-state index contributed by atoms with van der Waals surface area (Å²) in [7, 11) is 0. The molecule has 1 heterocycles. The highest BCUT2D eigenvalue weighted by atomic mass is 16.6. The van der Waals surface area contributed by atoms with Gasteiger partial charge in [-0.2, -0.15) is 0 Å². The number of ether oxygens (including phenoxy) is 3. The minimum absolute atomic E-state index is 0.0639. The van der Waals surface area contributed by atoms with E-state index in [1.54, 1.807) is 65.0 Å². The Morgan fingerprint density at radius 1 is 0.770 bits per heavy atom. The highest BCUT2D eigenvalue weighted by Crippen LogP contribution is 2.25. The molecule has 61 heavy (non-hydrogen) atoms. The van der Waals surface area contributed by atoms with Gasteiger partial charge in [0, 0.05) is 13.0 Å². The number of carbonyl (C=O) groups excluding carboxylic acids is 6. The van der Waals surface area contributed by atoms with Gasteiger partial charge in [0.1, 0.15) is 35.9 Å². The summed E-state index contributed by atoms with van der Waals surface area (Å²) in [6, 6.07) is 28.3. The number of hydrogen-bond donors (Lipinski definition) is 3. The highest BCUT2D eigenvalue weighted by Gasteiger charge is 2.42. The Morgan fingerprint density at radius 3 is 2.15 bits per heavy atom. The van der Waals surface area contributed by atoms with Gasteiger partial charge >= 0.3 is 18.0 Å². The van der Waals surface area contributed by atoms with Crippen molar-refractivity contribution in [2.45, 2.75) is 115 Å². The molecule has 13 nitrogen and oxygen atoms in total. The first-order valence-electron chi connectivity index (χ1n) is 21.0. The first-order chi connectivity index (χ1) is 29.2. The summed E-state index contributed by atoms with van der Waals surface area (Å²) in [6.07, 6.45) is 1.36. The van der Waals surface area contributed by atoms with Gasteiger partial charge in [0.2, 0.25) is 17.7 Å². The highest BCUT2D eigenvalue weighted by molar-refractivity contribution is 5.97. The van der Waals surface area contributed by atoms with E-state index in [4.69, 9.17) is 14.2 Å². The summed E-state index contributed by atoms with van der Waals surface area (Å²) in [5.74, 6) is -2.68. The van der Waals surface area contributed by atoms with Crippen LogP contribution in [0.5, 0.6) is 0 Å². The zero-order valence-electron chi connectivity index (χ0n) is 35.7. The maximum atomic E-state index is 14.6. The molecule has 0 aliphatic carbocycles. The molecule has 1 saturated heterocycles. The normalized spacial score (nSPS) is 15.8. The van der Waals surface area contributed by atoms with Gasteiger partial charge in [0.25, 0.3) is 0 Å². The third kappa shape index (κ3) is 13.1. The Morgan fingerprint density at radius 2 is 1.44 bits per heavy atom. The number of rotatable bonds is 18. The SMILES string of the molecule is CC[C@](C)(NC(=O)[C@H](CCCCOC(=O)c1ccccc1)NC(=O)OC(C)(C)C)C(=O)NC(Cc1cccc2ccccc12)C(=O)N1CCC[C@@H]1C(=O)OCc1ccccc1. The number of carbonyl (C=O) groups is 6. The third-order valence-electron chi connectivity index (χ3n) is 10.7. The van der Waals surface area contributed by atoms with Crippen molar-refractivity contribution in [3.8, 4) is 0 Å². The van der Waals surface area contributed by atoms with E-state index in [9.17, 15) is 28.8 Å². The summed E-state index contributed by atoms with van der Waals surface area (Å²) < 4.78 is 16.5. The molecule has 4 aromatic carbocycles. The van der Waals surface area contributed by atoms with Gasteiger partial charge in [-0.3, -0.25) is 14.4 Å². The molecule has 0 saturated carbocycles. The van der Waals surface area contributed by atoms with E-state index in [0.717, 1.165) is 21.9 Å². The Bertz CT molecular complexity index is 2130. The molecule has 0 radical (unpaired) electrons. The van der Waals surface area contributed by atoms with Crippen LogP contribution in [0.4, 0.5) is 4.79 Å². The first kappa shape index (κ1) is 45.8. The Balaban J connectivity index is 1.32. The number of hydrogen-bond acceptors (Lipinski definition) is 9. The van der Waals surface area contributed by atoms with E-state index in [1.807, 2.05) is 72.8 Å². The fourth-order valence-electron chi connectivity index (χ4n) is 7.16. The van der Waals surface area contributed by atoms with E-state index in [-0.39, 0.29) is 32.5 Å². The smallest absolute Gasteiger partial charge is 0.408 e. The molecule has 0 bridgehead atoms. The van der Waals surface area contributed by atoms with E-state index in [0.29, 0.717) is 37.8 Å². The van der Waals surface area contributed by atoms with Gasteiger partial charge in [-0.15, -0.1) is 0 Å². The summed E-state index contributed by atoms with van der Waals surface area (Å²) in [4.78, 5) is 83.4. The molecule has 324 valence electrons. The van der Waals surface area contributed by atoms with Gasteiger partial charge in [0.15, 0.2) is 0 Å². The number of esters is 2. The number of unbranched alkanes of at least 4 members (excludes halogenated alkanes) is 1. The van der Waals surface area contributed by atoms with E-state index in [1.165, 1.54) is 4.90 Å². The number of benzene rings is 4. The summed E-state index contributed by atoms with van der Waals surface area (Å²) >= 11 is 0. The molecule has 4 aromatic rings. The fraction of sp³-hybridized carbons (Fsp3) is 0.417. The zero-order valence-corrected chi connectivity index (χ0v) is 35.7. The number of nitrogens with one attached hydrogen (secondary N) is 3. The Hall–Kier alpha value is -6.24. The number of alkyl carbamates (subject to hydrolysis) is 1. The molecule has 1 aliphatic heterocycles. The largest absolute Gasteiger partial charge is 0.462 e. The predicted octanol–water partition coefficient (Wildman–Crippen LogP) is 6.81. The molecular weight excluding hydrogens is 777 g/mol. The summed E-state index contributed by atoms with van der Waals surface area (Å²) in [6.45, 7) is 8.87. The first-order valence-corrected chi connectivity index (χ1v) is 21.0. The van der Waals surface area contributed by atoms with Crippen LogP contribution in [0.3, 0.4) is 0 Å². The van der Waals surface area contributed by atoms with Crippen molar-refractivity contribution in [1.82, 2.24) is 20.9 Å². The lowest BCUT2D eigenvalue weighted by molar-refractivity contribution is -0.155. The molecule has 1 unspecified atom stereocenters. The molecular formula is C48H58N4O9. The second-order valence-electron chi connectivity index (χ2n) is 16.5. The second-order valence-corrected chi connectivity index (χ2v) is 16.5. The molecule has 0 spiro atoms. The van der Waals surface area contributed by atoms with E-state index >= 15 is 0 Å². The molecule has 0 aromatic heterocycles. The van der Waals surface area contributed by atoms with Crippen LogP contribution in [-0.4, -0.2) is 83.1 Å². The monoisotopic (exact) mass is 834 g/mol. The van der Waals surface area contributed by atoms with Crippen molar-refractivity contribution in [2.24, 2.45) is 0 Å². The fourth-order valence-corrected chi connectivity index (χ4v) is 7.16. The van der Waals surface area contributed by atoms with Crippen LogP contribution in [0.15, 0.2) is 103 Å². The lowest BCUT2D eigenvalue weighted by Crippen LogP contribution is -2.63. The van der Waals surface area contributed by atoms with Gasteiger partial charge in [0.05, 0.1) is 12.2 Å². The van der Waals surface area contributed by atoms with Crippen LogP contribution in [-0.2, 0) is 46.4 Å². The summed E-state index contributed by atoms with van der Waals surface area (Å²) in [5.41, 5.74) is -0.315. The van der Waals surface area contributed by atoms with Crippen LogP contribution in [0.25, 0.3) is 10.8 Å². The molecule has 3 N–H and O–H groups in total. The van der Waals surface area contributed by atoms with Crippen molar-refractivity contribution >= 4 is 46.5 Å². The molecule has 4 amide bonds. The third-order valence-corrected chi connectivity index (χ3v) is 10.7. The van der Waals surface area contributed by atoms with Crippen molar-refractivity contribution < 1.29 is 43.0 Å². The van der Waals surface area contributed by atoms with Gasteiger partial charge in [-0.25, -0.2) is 14.4 Å². The van der Waals surface area contributed by atoms with Crippen LogP contribution in [0.1, 0.15) is 94.6 Å². The molecule has 1 fully saturated rings. The van der Waals surface area contributed by atoms with Crippen molar-refractivity contribution in [3.05, 3.63) is 120 Å². The number of fused-ring (bicyclic) bond motifs is 1. The predicted molar refractivity (Wildman–Crippen MR) is 231 cm³/mol. The Labute approximate surface area is 357 Å². The van der Waals surface area contributed by atoms with Gasteiger partial charge in [-0.1, -0.05) is 97.9 Å². The number of amides is 4. The minimum atomic E-state index is -1.54. The zero-order chi connectivity index (χ0) is 44.0. The van der Waals surface area contributed by atoms with E-state index in [2.05, 4.69) is 16.0 Å². The maximum absolute atomic E-state index is 14.6. The minimum Gasteiger partial charge on any atom is -0.462 e. The van der Waals surface area contributed by atoms with Crippen molar-refractivity contribution in [1.29, 1.82) is 0 Å². The lowest BCUT2D eigenvalue weighted by atomic mass is 9.94. The van der Waals surface area contributed by atoms with Crippen LogP contribution in [0, 0.1) is 0 Å². The molecule has 13 heteroatoms. The number of nitrogens with zero attached hydrogens (tertiary/aromatic N) is 1. The standard InChI is InChI=1S/C48H58N4O9/c1-6-48(5,51-41(53)38(50-46(58)61-47(2,3)4)27-15-16-30-59-43(55)35-22-11-8-12-23-35)45(57)49-39(31-36-25-17-24-34-21-13-14-26-37(34)36)42(54)52-29-18-28-40(52)44(56)60-32-33-19-9-7-10-20-33/h7-14,17,19-26,38-40H,6,15-16,18,27-32H2,1-5H3,(H,49,57)(H,50,58)(H,51,53)/t38-,39?,40+,48-/m0/s1. The van der Waals surface area contributed by atoms with Crippen LogP contribution in [0.2, 0.25) is 0 Å². The average molecular weight is 835 g/mol. The van der Waals surface area contributed by atoms with Crippen LogP contribution < -0.4 is 16.0 Å². The van der Waals surface area contributed by atoms with Gasteiger partial charge in [-0.05, 0) is 100 Å². The van der Waals surface area contributed by atoms with Crippen molar-refractivity contribution in [2.75, 3.05) is 13.2 Å². The van der Waals surface area contributed by atoms with Crippen LogP contribution >= 0.6 is 0 Å². The average Bonchev–Trinajstić information content (AvgIpc) is 3.75. The number of likely N-dealkylation sites (tertiary alicyclic amines) is 1.